The monoisotopic (exact) mass is 834 g/mol. The van der Waals surface area contributed by atoms with Crippen LogP contribution in [0.2, 0.25) is 0 Å². The molecule has 0 aromatic carbocycles. The van der Waals surface area contributed by atoms with E-state index < -0.39 is 61.5 Å². The molecule has 0 bridgehead atoms. The normalized spacial score (nSPS) is 21.8. The smallest absolute Gasteiger partial charge is 0.249 e. The van der Waals surface area contributed by atoms with Gasteiger partial charge in [-0.15, -0.1) is 0 Å². The fraction of sp³-hybridized carbons (Fsp3) is 0.776. The van der Waals surface area contributed by atoms with E-state index in [2.05, 4.69) is 67.8 Å². The van der Waals surface area contributed by atoms with Gasteiger partial charge in [-0.1, -0.05) is 171 Å². The van der Waals surface area contributed by atoms with Gasteiger partial charge in [0.15, 0.2) is 6.29 Å². The van der Waals surface area contributed by atoms with Crippen molar-refractivity contribution in [3.8, 4) is 0 Å². The molecule has 1 amide bonds. The van der Waals surface area contributed by atoms with Gasteiger partial charge < -0.3 is 45.4 Å². The van der Waals surface area contributed by atoms with Crippen LogP contribution in [0.15, 0.2) is 60.8 Å². The third-order valence-electron chi connectivity index (χ3n) is 10.9. The van der Waals surface area contributed by atoms with Crippen molar-refractivity contribution in [3.05, 3.63) is 60.8 Å². The molecule has 0 aromatic rings. The average molecular weight is 834 g/mol. The molecule has 1 rings (SSSR count). The van der Waals surface area contributed by atoms with Crippen molar-refractivity contribution in [2.75, 3.05) is 13.2 Å². The first-order chi connectivity index (χ1) is 28.8. The van der Waals surface area contributed by atoms with Crippen LogP contribution in [0.5, 0.6) is 0 Å². The van der Waals surface area contributed by atoms with Crippen LogP contribution in [-0.4, -0.2) is 98.7 Å². The number of carbonyl (C=O) groups is 1. The summed E-state index contributed by atoms with van der Waals surface area (Å²) in [7, 11) is 0. The Morgan fingerprint density at radius 1 is 0.610 bits per heavy atom. The van der Waals surface area contributed by atoms with E-state index in [0.717, 1.165) is 57.8 Å². The van der Waals surface area contributed by atoms with Gasteiger partial charge in [0, 0.05) is 0 Å². The van der Waals surface area contributed by atoms with Gasteiger partial charge >= 0.3 is 0 Å². The number of hydrogen-bond donors (Lipinski definition) is 7. The first-order valence-electron chi connectivity index (χ1n) is 23.6. The number of ether oxygens (including phenoxy) is 2. The SMILES string of the molecule is CC/C=C\C/C=C\CCCCCCCCCCCCCCCC(O)C(=O)NC(COC1OC(CO)C(O)C(O)C1O)C(O)/C=C/CC/C=C/CC/C=C/CCCCCC. The van der Waals surface area contributed by atoms with E-state index in [1.807, 2.05) is 6.08 Å². The predicted octanol–water partition coefficient (Wildman–Crippen LogP) is 8.97. The van der Waals surface area contributed by atoms with E-state index >= 15 is 0 Å². The fourth-order valence-electron chi connectivity index (χ4n) is 7.05. The van der Waals surface area contributed by atoms with E-state index in [0.29, 0.717) is 19.3 Å². The van der Waals surface area contributed by atoms with Gasteiger partial charge in [-0.25, -0.2) is 0 Å². The topological polar surface area (TPSA) is 169 Å². The van der Waals surface area contributed by atoms with Crippen LogP contribution in [-0.2, 0) is 14.3 Å². The number of aliphatic hydroxyl groups excluding tert-OH is 6. The molecule has 10 heteroatoms. The van der Waals surface area contributed by atoms with Crippen molar-refractivity contribution in [3.63, 3.8) is 0 Å². The van der Waals surface area contributed by atoms with E-state index in [-0.39, 0.29) is 6.61 Å². The summed E-state index contributed by atoms with van der Waals surface area (Å²) in [4.78, 5) is 13.0. The maximum Gasteiger partial charge on any atom is 0.249 e. The van der Waals surface area contributed by atoms with E-state index in [1.54, 1.807) is 6.08 Å². The zero-order chi connectivity index (χ0) is 43.2. The van der Waals surface area contributed by atoms with E-state index in [1.165, 1.54) is 89.9 Å². The van der Waals surface area contributed by atoms with Crippen molar-refractivity contribution in [2.45, 2.75) is 230 Å². The molecule has 0 spiro atoms. The summed E-state index contributed by atoms with van der Waals surface area (Å²) >= 11 is 0. The number of hydrogen-bond acceptors (Lipinski definition) is 9. The van der Waals surface area contributed by atoms with Gasteiger partial charge in [-0.3, -0.25) is 4.79 Å². The highest BCUT2D eigenvalue weighted by Gasteiger charge is 2.44. The molecule has 1 saturated heterocycles. The number of rotatable bonds is 38. The molecule has 1 aliphatic heterocycles. The van der Waals surface area contributed by atoms with Crippen molar-refractivity contribution in [2.24, 2.45) is 0 Å². The molecular weight excluding hydrogens is 747 g/mol. The Bertz CT molecular complexity index is 1120. The van der Waals surface area contributed by atoms with E-state index in [4.69, 9.17) is 9.47 Å². The molecule has 0 saturated carbocycles. The van der Waals surface area contributed by atoms with Crippen LogP contribution in [0.1, 0.15) is 181 Å². The molecule has 8 atom stereocenters. The van der Waals surface area contributed by atoms with Crippen molar-refractivity contribution < 1.29 is 44.9 Å². The first kappa shape index (κ1) is 54.9. The van der Waals surface area contributed by atoms with Gasteiger partial charge in [-0.2, -0.15) is 0 Å². The van der Waals surface area contributed by atoms with Crippen LogP contribution in [0.25, 0.3) is 0 Å². The standard InChI is InChI=1S/C49H87NO9/c1-3-5-7-9-11-13-15-17-19-20-21-22-23-24-26-28-30-32-34-36-38-43(53)48(57)50-41(40-58-49-47(56)46(55)45(54)44(39-51)59-49)42(52)37-35-33-31-29-27-25-18-16-14-12-10-8-6-4-2/h5,7,11,13-14,16,27,29,35,37,41-47,49,51-56H,3-4,6,8-10,12,15,17-26,28,30-34,36,38-40H2,1-2H3,(H,50,57)/b7-5-,13-11-,16-14+,29-27+,37-35+. The molecule has 0 aliphatic carbocycles. The number of amides is 1. The van der Waals surface area contributed by atoms with E-state index in [9.17, 15) is 35.4 Å². The molecule has 7 N–H and O–H groups in total. The molecule has 342 valence electrons. The Hall–Kier alpha value is -2.15. The van der Waals surface area contributed by atoms with Crippen LogP contribution >= 0.6 is 0 Å². The highest BCUT2D eigenvalue weighted by Crippen LogP contribution is 2.22. The number of allylic oxidation sites excluding steroid dienone is 9. The van der Waals surface area contributed by atoms with Crippen LogP contribution in [0.3, 0.4) is 0 Å². The van der Waals surface area contributed by atoms with Crippen LogP contribution in [0.4, 0.5) is 0 Å². The Balaban J connectivity index is 2.40. The summed E-state index contributed by atoms with van der Waals surface area (Å²) in [6, 6.07) is -1.00. The molecule has 1 heterocycles. The molecule has 0 aromatic heterocycles. The molecule has 1 fully saturated rings. The summed E-state index contributed by atoms with van der Waals surface area (Å²) in [6.45, 7) is 3.45. The molecular formula is C49H87NO9. The zero-order valence-electron chi connectivity index (χ0n) is 37.1. The molecule has 1 aliphatic rings. The summed E-state index contributed by atoms with van der Waals surface area (Å²) in [5.74, 6) is -0.634. The third-order valence-corrected chi connectivity index (χ3v) is 10.9. The Morgan fingerprint density at radius 3 is 1.66 bits per heavy atom. The van der Waals surface area contributed by atoms with Crippen molar-refractivity contribution in [1.82, 2.24) is 5.32 Å². The number of carbonyl (C=O) groups excluding carboxylic acids is 1. The number of unbranched alkanes of at least 4 members (excludes halogenated alkanes) is 19. The number of nitrogens with one attached hydrogen (secondary N) is 1. The minimum absolute atomic E-state index is 0.297. The van der Waals surface area contributed by atoms with Gasteiger partial charge in [0.05, 0.1) is 25.4 Å². The molecule has 8 unspecified atom stereocenters. The quantitative estimate of drug-likeness (QED) is 0.0237. The lowest BCUT2D eigenvalue weighted by atomic mass is 9.99. The highest BCUT2D eigenvalue weighted by molar-refractivity contribution is 5.80. The molecule has 10 nitrogen and oxygen atoms in total. The lowest BCUT2D eigenvalue weighted by Crippen LogP contribution is -2.60. The maximum atomic E-state index is 13.0. The lowest BCUT2D eigenvalue weighted by molar-refractivity contribution is -0.302. The van der Waals surface area contributed by atoms with Gasteiger partial charge in [0.25, 0.3) is 0 Å². The summed E-state index contributed by atoms with van der Waals surface area (Å²) < 4.78 is 11.1. The minimum Gasteiger partial charge on any atom is -0.394 e. The fourth-order valence-corrected chi connectivity index (χ4v) is 7.05. The average Bonchev–Trinajstić information content (AvgIpc) is 3.23. The Kier molecular flexibility index (Phi) is 36.0. The second kappa shape index (κ2) is 38.7. The minimum atomic E-state index is -1.62. The summed E-state index contributed by atoms with van der Waals surface area (Å²) in [5.41, 5.74) is 0. The van der Waals surface area contributed by atoms with Crippen LogP contribution < -0.4 is 5.32 Å². The summed E-state index contributed by atoms with van der Waals surface area (Å²) in [6.07, 6.45) is 40.2. The highest BCUT2D eigenvalue weighted by atomic mass is 16.7. The number of aliphatic hydroxyl groups is 6. The third kappa shape index (κ3) is 28.9. The second-order valence-electron chi connectivity index (χ2n) is 16.3. The maximum absolute atomic E-state index is 13.0. The van der Waals surface area contributed by atoms with Gasteiger partial charge in [0.2, 0.25) is 5.91 Å². The lowest BCUT2D eigenvalue weighted by Gasteiger charge is -2.40. The Morgan fingerprint density at radius 2 is 1.10 bits per heavy atom. The Labute approximate surface area is 359 Å². The predicted molar refractivity (Wildman–Crippen MR) is 241 cm³/mol. The molecule has 0 radical (unpaired) electrons. The zero-order valence-corrected chi connectivity index (χ0v) is 37.1. The van der Waals surface area contributed by atoms with Crippen molar-refractivity contribution in [1.29, 1.82) is 0 Å². The molecule has 59 heavy (non-hydrogen) atoms. The largest absolute Gasteiger partial charge is 0.394 e. The van der Waals surface area contributed by atoms with Gasteiger partial charge in [0.1, 0.15) is 30.5 Å². The van der Waals surface area contributed by atoms with Gasteiger partial charge in [-0.05, 0) is 70.6 Å². The van der Waals surface area contributed by atoms with Crippen molar-refractivity contribution >= 4 is 5.91 Å². The second-order valence-corrected chi connectivity index (χ2v) is 16.3. The summed E-state index contributed by atoms with van der Waals surface area (Å²) in [5, 5.41) is 64.6. The first-order valence-corrected chi connectivity index (χ1v) is 23.6. The van der Waals surface area contributed by atoms with Crippen LogP contribution in [0, 0.1) is 0 Å².